The first kappa shape index (κ1) is 39.1. The number of benzene rings is 2. The predicted octanol–water partition coefficient (Wildman–Crippen LogP) is 7.32. The number of imidazole rings is 2. The van der Waals surface area contributed by atoms with Gasteiger partial charge in [-0.1, -0.05) is 134 Å². The van der Waals surface area contributed by atoms with Crippen LogP contribution < -0.4 is 11.5 Å². The fourth-order valence-corrected chi connectivity index (χ4v) is 11.5. The molecule has 0 bridgehead atoms. The van der Waals surface area contributed by atoms with Gasteiger partial charge in [0.05, 0.1) is 30.0 Å². The lowest BCUT2D eigenvalue weighted by Crippen LogP contribution is -2.50. The molecule has 2 aromatic heterocycles. The van der Waals surface area contributed by atoms with Crippen molar-refractivity contribution in [2.24, 2.45) is 23.3 Å². The van der Waals surface area contributed by atoms with Gasteiger partial charge in [0, 0.05) is 54.5 Å². The van der Waals surface area contributed by atoms with Crippen molar-refractivity contribution in [3.8, 4) is 22.5 Å². The molecule has 0 spiro atoms. The summed E-state index contributed by atoms with van der Waals surface area (Å²) in [5, 5.41) is 0. The van der Waals surface area contributed by atoms with Crippen LogP contribution in [0, 0.1) is 11.8 Å². The third-order valence-electron chi connectivity index (χ3n) is 12.4. The largest absolute Gasteiger partial charge is 0.404 e. The first-order valence-corrected chi connectivity index (χ1v) is 23.4. The second kappa shape index (κ2) is 18.3. The van der Waals surface area contributed by atoms with Crippen LogP contribution in [0.15, 0.2) is 73.1 Å². The highest BCUT2D eigenvalue weighted by Crippen LogP contribution is 2.38. The molecule has 8 rings (SSSR count). The normalized spacial score (nSPS) is 20.4. The fraction of sp³-hybridized carbons (Fsp3) is 0.523. The van der Waals surface area contributed by atoms with Gasteiger partial charge >= 0.3 is 5.91 Å². The number of carbonyl (C=O) groups is 2. The third kappa shape index (κ3) is 8.88. The summed E-state index contributed by atoms with van der Waals surface area (Å²) in [6, 6.07) is 19.1. The highest BCUT2D eigenvalue weighted by molar-refractivity contribution is 8.76. The van der Waals surface area contributed by atoms with E-state index in [1.165, 1.54) is 85.8 Å². The second-order valence-electron chi connectivity index (χ2n) is 16.3. The summed E-state index contributed by atoms with van der Waals surface area (Å²) in [6.45, 7) is 2.61. The molecule has 0 radical (unpaired) electrons. The molecule has 2 amide bonds. The molecule has 10 nitrogen and oxygen atoms in total. The number of hydrogen-bond donors (Lipinski definition) is 2. The molecule has 4 N–H and O–H groups in total. The summed E-state index contributed by atoms with van der Waals surface area (Å²) >= 11 is 0. The van der Waals surface area contributed by atoms with Crippen molar-refractivity contribution in [3.63, 3.8) is 0 Å². The number of nitrogens with two attached hydrogens (primary N) is 2. The number of nitrogens with zero attached hydrogens (tertiary/aromatic N) is 6. The van der Waals surface area contributed by atoms with Crippen LogP contribution in [-0.4, -0.2) is 82.8 Å². The van der Waals surface area contributed by atoms with E-state index in [9.17, 15) is 9.59 Å². The SMILES string of the molecule is N[C@@H](CSSC[C@H](N)C(=O)[N+]1=C(CC2CCCCC2)c2nc(-c3ccccc3)cn2CC1)C(=O)N1CCn2cc(-c3ccccc3)nc2[C@H]1CC1CCCCC1. The molecule has 4 aromatic rings. The fourth-order valence-electron chi connectivity index (χ4n) is 9.31. The highest BCUT2D eigenvalue weighted by atomic mass is 33.1. The summed E-state index contributed by atoms with van der Waals surface area (Å²) in [7, 11) is 3.07. The zero-order chi connectivity index (χ0) is 38.4. The van der Waals surface area contributed by atoms with Crippen LogP contribution in [-0.2, 0) is 22.7 Å². The molecule has 4 heterocycles. The van der Waals surface area contributed by atoms with Crippen LogP contribution >= 0.6 is 21.6 Å². The number of hydrogen-bond acceptors (Lipinski definition) is 8. The monoisotopic (exact) mass is 793 g/mol. The minimum atomic E-state index is -0.671. The minimum Gasteiger partial charge on any atom is -0.331 e. The number of rotatable bonds is 13. The van der Waals surface area contributed by atoms with Gasteiger partial charge in [-0.15, -0.1) is 0 Å². The number of amides is 2. The second-order valence-corrected chi connectivity index (χ2v) is 18.8. The third-order valence-corrected chi connectivity index (χ3v) is 14.9. The van der Waals surface area contributed by atoms with Gasteiger partial charge < -0.3 is 25.5 Å². The smallest absolute Gasteiger partial charge is 0.331 e. The van der Waals surface area contributed by atoms with E-state index in [1.807, 2.05) is 45.9 Å². The van der Waals surface area contributed by atoms with E-state index in [0.717, 1.165) is 52.7 Å². The van der Waals surface area contributed by atoms with Crippen LogP contribution in [0.3, 0.4) is 0 Å². The van der Waals surface area contributed by atoms with Crippen molar-refractivity contribution in [3.05, 3.63) is 84.7 Å². The summed E-state index contributed by atoms with van der Waals surface area (Å²) in [4.78, 5) is 40.5. The summed E-state index contributed by atoms with van der Waals surface area (Å²) in [5.74, 6) is 3.82. The van der Waals surface area contributed by atoms with Crippen molar-refractivity contribution in [1.82, 2.24) is 24.0 Å². The zero-order valence-corrected chi connectivity index (χ0v) is 34.1. The maximum absolute atomic E-state index is 14.1. The molecular formula is C44H57N8O2S2+. The highest BCUT2D eigenvalue weighted by Gasteiger charge is 2.39. The standard InChI is InChI=1S/C44H57N8O2S2/c45-35(43(53)51-23-21-49-27-37(33-17-9-3-10-18-33)47-41(49)39(51)25-31-13-5-1-6-14-31)29-55-56-30-36(46)44(54)52-24-22-50-28-38(34-19-11-4-12-20-34)48-42(50)40(52)26-32-15-7-2-8-16-32/h3-4,9-12,17-20,27-28,31-32,35-36,39H,1-2,5-8,13-16,21-26,29-30,45-46H2/q+1/t35-,36-,39+/m0/s1. The van der Waals surface area contributed by atoms with Crippen LogP contribution in [0.4, 0.5) is 0 Å². The first-order valence-electron chi connectivity index (χ1n) is 20.9. The van der Waals surface area contributed by atoms with Gasteiger partial charge in [0.2, 0.25) is 17.4 Å². The molecule has 0 saturated heterocycles. The van der Waals surface area contributed by atoms with Gasteiger partial charge in [-0.2, -0.15) is 4.58 Å². The van der Waals surface area contributed by atoms with E-state index >= 15 is 0 Å². The van der Waals surface area contributed by atoms with Crippen molar-refractivity contribution < 1.29 is 14.2 Å². The van der Waals surface area contributed by atoms with Gasteiger partial charge in [0.1, 0.15) is 11.9 Å². The Balaban J connectivity index is 0.914. The lowest BCUT2D eigenvalue weighted by molar-refractivity contribution is -0.455. The molecule has 2 aromatic carbocycles. The Kier molecular flexibility index (Phi) is 12.8. The van der Waals surface area contributed by atoms with E-state index in [1.54, 1.807) is 0 Å². The molecule has 2 saturated carbocycles. The Bertz CT molecular complexity index is 1980. The molecule has 0 unspecified atom stereocenters. The molecule has 4 aliphatic rings. The molecule has 2 aliphatic heterocycles. The van der Waals surface area contributed by atoms with Gasteiger partial charge in [0.15, 0.2) is 6.54 Å². The average molecular weight is 794 g/mol. The van der Waals surface area contributed by atoms with Crippen LogP contribution in [0.5, 0.6) is 0 Å². The molecular weight excluding hydrogens is 737 g/mol. The van der Waals surface area contributed by atoms with E-state index in [4.69, 9.17) is 21.4 Å². The van der Waals surface area contributed by atoms with Gasteiger partial charge in [0.25, 0.3) is 0 Å². The van der Waals surface area contributed by atoms with Crippen molar-refractivity contribution in [2.45, 2.75) is 108 Å². The van der Waals surface area contributed by atoms with Gasteiger partial charge in [-0.05, 0) is 31.1 Å². The molecule has 12 heteroatoms. The Morgan fingerprint density at radius 3 is 1.96 bits per heavy atom. The number of carbonyl (C=O) groups excluding carboxylic acids is 2. The maximum Gasteiger partial charge on any atom is 0.404 e. The van der Waals surface area contributed by atoms with Crippen LogP contribution in [0.25, 0.3) is 22.5 Å². The molecule has 3 atom stereocenters. The molecule has 2 aliphatic carbocycles. The Labute approximate surface area is 339 Å². The Morgan fingerprint density at radius 2 is 1.30 bits per heavy atom. The van der Waals surface area contributed by atoms with E-state index < -0.39 is 12.1 Å². The van der Waals surface area contributed by atoms with Crippen LogP contribution in [0.1, 0.15) is 94.7 Å². The lowest BCUT2D eigenvalue weighted by Gasteiger charge is -2.39. The Hall–Kier alpha value is -3.71. The van der Waals surface area contributed by atoms with Crippen molar-refractivity contribution >= 4 is 39.1 Å². The summed E-state index contributed by atoms with van der Waals surface area (Å²) in [5.41, 5.74) is 18.4. The van der Waals surface area contributed by atoms with Crippen molar-refractivity contribution in [2.75, 3.05) is 24.6 Å². The minimum absolute atomic E-state index is 0.0181. The number of aromatic nitrogens is 4. The van der Waals surface area contributed by atoms with E-state index in [2.05, 4.69) is 45.8 Å². The maximum atomic E-state index is 14.1. The topological polar surface area (TPSA) is 128 Å². The quantitative estimate of drug-likeness (QED) is 0.0820. The van der Waals surface area contributed by atoms with Crippen LogP contribution in [0.2, 0.25) is 0 Å². The summed E-state index contributed by atoms with van der Waals surface area (Å²) in [6.07, 6.45) is 18.4. The van der Waals surface area contributed by atoms with E-state index in [-0.39, 0.29) is 17.9 Å². The lowest BCUT2D eigenvalue weighted by atomic mass is 9.84. The molecule has 2 fully saturated rings. The summed E-state index contributed by atoms with van der Waals surface area (Å²) < 4.78 is 6.41. The van der Waals surface area contributed by atoms with Gasteiger partial charge in [-0.25, -0.2) is 14.8 Å². The first-order chi connectivity index (χ1) is 27.4. The zero-order valence-electron chi connectivity index (χ0n) is 32.5. The van der Waals surface area contributed by atoms with E-state index in [0.29, 0.717) is 49.5 Å². The Morgan fingerprint density at radius 1 is 0.714 bits per heavy atom. The number of fused-ring (bicyclic) bond motifs is 2. The van der Waals surface area contributed by atoms with Gasteiger partial charge in [-0.3, -0.25) is 4.79 Å². The molecule has 56 heavy (non-hydrogen) atoms. The molecule has 296 valence electrons. The average Bonchev–Trinajstić information content (AvgIpc) is 3.89. The predicted molar refractivity (Wildman–Crippen MR) is 227 cm³/mol. The van der Waals surface area contributed by atoms with Crippen molar-refractivity contribution in [1.29, 1.82) is 0 Å².